The lowest BCUT2D eigenvalue weighted by Gasteiger charge is -2.23. The predicted molar refractivity (Wildman–Crippen MR) is 81.4 cm³/mol. The standard InChI is InChI=1S/C16H20N2O4/c1-16(2,3)22-15(21)10-5-4-6-11(9-10)17-12-7-8-13(19)18-14(12)20/h4-6,9,12,17H,7-8H2,1-3H3,(H,18,19,20). The lowest BCUT2D eigenvalue weighted by molar-refractivity contribution is -0.133. The highest BCUT2D eigenvalue weighted by molar-refractivity contribution is 6.01. The van der Waals surface area contributed by atoms with Crippen molar-refractivity contribution >= 4 is 23.5 Å². The minimum atomic E-state index is -0.565. The molecule has 118 valence electrons. The van der Waals surface area contributed by atoms with Crippen molar-refractivity contribution in [3.8, 4) is 0 Å². The van der Waals surface area contributed by atoms with Gasteiger partial charge in [0.15, 0.2) is 0 Å². The van der Waals surface area contributed by atoms with Crippen molar-refractivity contribution in [3.05, 3.63) is 29.8 Å². The molecule has 0 aromatic heterocycles. The van der Waals surface area contributed by atoms with Gasteiger partial charge in [0.05, 0.1) is 5.56 Å². The van der Waals surface area contributed by atoms with Crippen molar-refractivity contribution < 1.29 is 19.1 Å². The second-order valence-electron chi connectivity index (χ2n) is 6.23. The number of ether oxygens (including phenoxy) is 1. The second kappa shape index (κ2) is 6.17. The summed E-state index contributed by atoms with van der Waals surface area (Å²) in [5.41, 5.74) is 0.481. The van der Waals surface area contributed by atoms with Crippen molar-refractivity contribution in [1.29, 1.82) is 0 Å². The summed E-state index contributed by atoms with van der Waals surface area (Å²) in [5.74, 6) is -1.02. The van der Waals surface area contributed by atoms with E-state index in [0.29, 0.717) is 24.1 Å². The van der Waals surface area contributed by atoms with Crippen LogP contribution in [0.4, 0.5) is 5.69 Å². The number of carbonyl (C=O) groups is 3. The Bertz CT molecular complexity index is 604. The molecule has 1 saturated heterocycles. The summed E-state index contributed by atoms with van der Waals surface area (Å²) in [7, 11) is 0. The molecule has 2 N–H and O–H groups in total. The van der Waals surface area contributed by atoms with Crippen LogP contribution in [-0.4, -0.2) is 29.4 Å². The minimum Gasteiger partial charge on any atom is -0.456 e. The van der Waals surface area contributed by atoms with Crippen LogP contribution in [0.5, 0.6) is 0 Å². The summed E-state index contributed by atoms with van der Waals surface area (Å²) in [6.45, 7) is 5.41. The summed E-state index contributed by atoms with van der Waals surface area (Å²) < 4.78 is 5.31. The lowest BCUT2D eigenvalue weighted by atomic mass is 10.1. The number of nitrogens with one attached hydrogen (secondary N) is 2. The fourth-order valence-corrected chi connectivity index (χ4v) is 2.11. The average Bonchev–Trinajstić information content (AvgIpc) is 2.40. The van der Waals surface area contributed by atoms with Gasteiger partial charge in [0.2, 0.25) is 11.8 Å². The van der Waals surface area contributed by atoms with Crippen LogP contribution in [0.1, 0.15) is 44.0 Å². The predicted octanol–water partition coefficient (Wildman–Crippen LogP) is 1.86. The van der Waals surface area contributed by atoms with Crippen molar-refractivity contribution in [3.63, 3.8) is 0 Å². The summed E-state index contributed by atoms with van der Waals surface area (Å²) in [6.07, 6.45) is 0.733. The zero-order chi connectivity index (χ0) is 16.3. The molecule has 0 radical (unpaired) electrons. The first-order valence-electron chi connectivity index (χ1n) is 7.18. The number of amides is 2. The Kier molecular flexibility index (Phi) is 4.49. The first-order valence-corrected chi connectivity index (χ1v) is 7.18. The van der Waals surface area contributed by atoms with E-state index in [9.17, 15) is 14.4 Å². The van der Waals surface area contributed by atoms with Gasteiger partial charge in [-0.25, -0.2) is 4.79 Å². The molecule has 1 fully saturated rings. The van der Waals surface area contributed by atoms with E-state index in [1.807, 2.05) is 0 Å². The van der Waals surface area contributed by atoms with Crippen molar-refractivity contribution in [2.24, 2.45) is 0 Å². The van der Waals surface area contributed by atoms with Crippen LogP contribution in [0.15, 0.2) is 24.3 Å². The number of rotatable bonds is 3. The van der Waals surface area contributed by atoms with Crippen LogP contribution >= 0.6 is 0 Å². The first-order chi connectivity index (χ1) is 10.2. The monoisotopic (exact) mass is 304 g/mol. The molecule has 2 rings (SSSR count). The smallest absolute Gasteiger partial charge is 0.338 e. The van der Waals surface area contributed by atoms with E-state index in [1.165, 1.54) is 0 Å². The molecule has 0 spiro atoms. The number of benzene rings is 1. The maximum absolute atomic E-state index is 12.0. The number of hydrogen-bond donors (Lipinski definition) is 2. The van der Waals surface area contributed by atoms with Crippen LogP contribution < -0.4 is 10.6 Å². The topological polar surface area (TPSA) is 84.5 Å². The fraction of sp³-hybridized carbons (Fsp3) is 0.438. The van der Waals surface area contributed by atoms with Gasteiger partial charge in [-0.05, 0) is 45.4 Å². The molecule has 1 aromatic carbocycles. The van der Waals surface area contributed by atoms with Crippen LogP contribution in [0.2, 0.25) is 0 Å². The zero-order valence-electron chi connectivity index (χ0n) is 12.9. The van der Waals surface area contributed by atoms with Gasteiger partial charge in [-0.15, -0.1) is 0 Å². The van der Waals surface area contributed by atoms with Gasteiger partial charge >= 0.3 is 5.97 Å². The molecular weight excluding hydrogens is 284 g/mol. The highest BCUT2D eigenvalue weighted by Crippen LogP contribution is 2.18. The Morgan fingerprint density at radius 1 is 1.32 bits per heavy atom. The van der Waals surface area contributed by atoms with Gasteiger partial charge in [0.1, 0.15) is 11.6 Å². The summed E-state index contributed by atoms with van der Waals surface area (Å²) >= 11 is 0. The molecule has 1 aliphatic heterocycles. The SMILES string of the molecule is CC(C)(C)OC(=O)c1cccc(NC2CCC(=O)NC2=O)c1. The quantitative estimate of drug-likeness (QED) is 0.657. The first kappa shape index (κ1) is 16.0. The third-order valence-electron chi connectivity index (χ3n) is 3.08. The summed E-state index contributed by atoms with van der Waals surface area (Å²) in [5, 5.41) is 5.32. The Morgan fingerprint density at radius 3 is 2.68 bits per heavy atom. The highest BCUT2D eigenvalue weighted by Gasteiger charge is 2.26. The van der Waals surface area contributed by atoms with E-state index >= 15 is 0 Å². The maximum Gasteiger partial charge on any atom is 0.338 e. The lowest BCUT2D eigenvalue weighted by Crippen LogP contribution is -2.47. The Morgan fingerprint density at radius 2 is 2.05 bits per heavy atom. The van der Waals surface area contributed by atoms with Crippen LogP contribution in [0.3, 0.4) is 0 Å². The Balaban J connectivity index is 2.07. The van der Waals surface area contributed by atoms with Crippen molar-refractivity contribution in [2.75, 3.05) is 5.32 Å². The van der Waals surface area contributed by atoms with E-state index in [4.69, 9.17) is 4.74 Å². The van der Waals surface area contributed by atoms with E-state index < -0.39 is 17.6 Å². The molecule has 6 heteroatoms. The van der Waals surface area contributed by atoms with Gasteiger partial charge in [-0.2, -0.15) is 0 Å². The van der Waals surface area contributed by atoms with E-state index in [-0.39, 0.29) is 11.8 Å². The van der Waals surface area contributed by atoms with Crippen molar-refractivity contribution in [2.45, 2.75) is 45.3 Å². The minimum absolute atomic E-state index is 0.259. The third-order valence-corrected chi connectivity index (χ3v) is 3.08. The number of hydrogen-bond acceptors (Lipinski definition) is 5. The zero-order valence-corrected chi connectivity index (χ0v) is 12.9. The molecule has 1 atom stereocenters. The van der Waals surface area contributed by atoms with Crippen LogP contribution in [-0.2, 0) is 14.3 Å². The van der Waals surface area contributed by atoms with E-state index in [0.717, 1.165) is 0 Å². The molecule has 1 aromatic rings. The van der Waals surface area contributed by atoms with Crippen LogP contribution in [0, 0.1) is 0 Å². The fourth-order valence-electron chi connectivity index (χ4n) is 2.11. The average molecular weight is 304 g/mol. The number of piperidine rings is 1. The molecule has 1 aliphatic rings. The highest BCUT2D eigenvalue weighted by atomic mass is 16.6. The molecule has 2 amide bonds. The number of imide groups is 1. The van der Waals surface area contributed by atoms with E-state index in [1.54, 1.807) is 45.0 Å². The van der Waals surface area contributed by atoms with Gasteiger partial charge in [-0.3, -0.25) is 14.9 Å². The molecule has 1 unspecified atom stereocenters. The second-order valence-corrected chi connectivity index (χ2v) is 6.23. The number of anilines is 1. The molecule has 0 bridgehead atoms. The maximum atomic E-state index is 12.0. The normalized spacial score (nSPS) is 18.6. The Hall–Kier alpha value is -2.37. The van der Waals surface area contributed by atoms with Gasteiger partial charge < -0.3 is 10.1 Å². The van der Waals surface area contributed by atoms with Gasteiger partial charge in [0, 0.05) is 12.1 Å². The summed E-state index contributed by atoms with van der Waals surface area (Å²) in [4.78, 5) is 34.9. The summed E-state index contributed by atoms with van der Waals surface area (Å²) in [6, 6.07) is 6.29. The number of carbonyl (C=O) groups excluding carboxylic acids is 3. The van der Waals surface area contributed by atoms with Gasteiger partial charge in [0.25, 0.3) is 0 Å². The molecule has 0 aliphatic carbocycles. The molecule has 0 saturated carbocycles. The van der Waals surface area contributed by atoms with E-state index in [2.05, 4.69) is 10.6 Å². The molecule has 6 nitrogen and oxygen atoms in total. The Labute approximate surface area is 129 Å². The molecule has 22 heavy (non-hydrogen) atoms. The third kappa shape index (κ3) is 4.31. The van der Waals surface area contributed by atoms with Crippen molar-refractivity contribution in [1.82, 2.24) is 5.32 Å². The number of esters is 1. The van der Waals surface area contributed by atoms with Crippen LogP contribution in [0.25, 0.3) is 0 Å². The largest absolute Gasteiger partial charge is 0.456 e. The van der Waals surface area contributed by atoms with Gasteiger partial charge in [-0.1, -0.05) is 6.07 Å². The molecular formula is C16H20N2O4. The molecule has 1 heterocycles.